The molecule has 0 aromatic carbocycles. The Bertz CT molecular complexity index is 90.2. The van der Waals surface area contributed by atoms with E-state index in [0.717, 1.165) is 6.42 Å². The first-order chi connectivity index (χ1) is 2.77. The van der Waals surface area contributed by atoms with Crippen molar-refractivity contribution in [2.45, 2.75) is 6.92 Å². The fourth-order valence-electron chi connectivity index (χ4n) is 0.0909. The Hall–Kier alpha value is -0.840. The second-order valence-corrected chi connectivity index (χ2v) is 0.884. The second kappa shape index (κ2) is 2.40. The smallest absolute Gasteiger partial charge is 0.148 e. The van der Waals surface area contributed by atoms with Gasteiger partial charge in [0.15, 0.2) is 0 Å². The van der Waals surface area contributed by atoms with Crippen LogP contribution in [-0.4, -0.2) is 5.78 Å². The lowest BCUT2D eigenvalue weighted by Gasteiger charge is -1.68. The van der Waals surface area contributed by atoms with E-state index in [1.165, 1.54) is 6.92 Å². The Morgan fingerprint density at radius 2 is 2.50 bits per heavy atom. The van der Waals surface area contributed by atoms with Crippen LogP contribution in [-0.2, 0) is 4.79 Å². The lowest BCUT2D eigenvalue weighted by atomic mass is 10.3. The molecule has 0 N–H and O–H groups in total. The van der Waals surface area contributed by atoms with E-state index in [2.05, 4.69) is 0 Å². The maximum absolute atomic E-state index is 9.77. The Labute approximate surface area is 36.4 Å². The lowest BCUT2D eigenvalue weighted by molar-refractivity contribution is -0.113. The zero-order chi connectivity index (χ0) is 4.99. The Morgan fingerprint density at radius 1 is 2.00 bits per heavy atom. The zero-order valence-electron chi connectivity index (χ0n) is 3.43. The molecular formula is C4H4NO. The molecule has 0 atom stereocenters. The van der Waals surface area contributed by atoms with Crippen LogP contribution in [0.1, 0.15) is 6.92 Å². The molecule has 0 bridgehead atoms. The zero-order valence-corrected chi connectivity index (χ0v) is 3.43. The summed E-state index contributed by atoms with van der Waals surface area (Å²) < 4.78 is 0. The van der Waals surface area contributed by atoms with E-state index in [4.69, 9.17) is 5.26 Å². The highest BCUT2D eigenvalue weighted by Gasteiger charge is 1.84. The fraction of sp³-hybridized carbons (Fsp3) is 0.250. The van der Waals surface area contributed by atoms with Gasteiger partial charge < -0.3 is 0 Å². The van der Waals surface area contributed by atoms with E-state index in [1.54, 1.807) is 6.07 Å². The van der Waals surface area contributed by atoms with E-state index in [9.17, 15) is 4.79 Å². The van der Waals surface area contributed by atoms with Crippen molar-refractivity contribution >= 4 is 5.78 Å². The van der Waals surface area contributed by atoms with Gasteiger partial charge in [-0.25, -0.2) is 0 Å². The molecule has 0 amide bonds. The molecule has 0 aromatic rings. The van der Waals surface area contributed by atoms with E-state index < -0.39 is 0 Å². The van der Waals surface area contributed by atoms with Gasteiger partial charge >= 0.3 is 0 Å². The van der Waals surface area contributed by atoms with Crippen LogP contribution >= 0.6 is 0 Å². The molecule has 0 spiro atoms. The maximum Gasteiger partial charge on any atom is 0.148 e. The van der Waals surface area contributed by atoms with Crippen LogP contribution in [0.4, 0.5) is 0 Å². The van der Waals surface area contributed by atoms with Crippen LogP contribution in [0.3, 0.4) is 0 Å². The van der Waals surface area contributed by atoms with Gasteiger partial charge in [0.2, 0.25) is 0 Å². The molecule has 1 radical (unpaired) electrons. The van der Waals surface area contributed by atoms with Gasteiger partial charge in [-0.3, -0.25) is 4.79 Å². The largest absolute Gasteiger partial charge is 0.298 e. The monoisotopic (exact) mass is 82.0 g/mol. The highest BCUT2D eigenvalue weighted by Crippen LogP contribution is 1.70. The molecule has 2 heteroatoms. The van der Waals surface area contributed by atoms with Crippen LogP contribution in [0, 0.1) is 17.8 Å². The highest BCUT2D eigenvalue weighted by atomic mass is 16.1. The Balaban J connectivity index is 3.13. The predicted molar refractivity (Wildman–Crippen MR) is 20.6 cm³/mol. The summed E-state index contributed by atoms with van der Waals surface area (Å²) in [4.78, 5) is 9.77. The minimum Gasteiger partial charge on any atom is -0.298 e. The van der Waals surface area contributed by atoms with Crippen molar-refractivity contribution in [3.8, 4) is 6.07 Å². The molecule has 0 aliphatic heterocycles. The third-order valence-electron chi connectivity index (χ3n) is 0.268. The average Bonchev–Trinajstić information content (AvgIpc) is 1.35. The minimum absolute atomic E-state index is 0.197. The normalized spacial score (nSPS) is 6.67. The number of ketones is 1. The quantitative estimate of drug-likeness (QED) is 0.456. The number of carbonyl (C=O) groups excluding carboxylic acids is 1. The van der Waals surface area contributed by atoms with Crippen LogP contribution in [0.15, 0.2) is 0 Å². The van der Waals surface area contributed by atoms with Gasteiger partial charge in [0.1, 0.15) is 12.2 Å². The summed E-state index contributed by atoms with van der Waals surface area (Å²) in [6.45, 7) is 1.34. The number of rotatable bonds is 1. The van der Waals surface area contributed by atoms with Crippen molar-refractivity contribution < 1.29 is 4.79 Å². The van der Waals surface area contributed by atoms with Gasteiger partial charge in [0, 0.05) is 0 Å². The van der Waals surface area contributed by atoms with E-state index in [0.29, 0.717) is 0 Å². The molecule has 0 aliphatic rings. The third kappa shape index (κ3) is 3.16. The number of carbonyl (C=O) groups is 1. The molecule has 0 heterocycles. The van der Waals surface area contributed by atoms with Gasteiger partial charge in [-0.1, -0.05) is 0 Å². The summed E-state index contributed by atoms with van der Waals surface area (Å²) in [6, 6.07) is 1.59. The number of hydrogen-bond donors (Lipinski definition) is 0. The van der Waals surface area contributed by atoms with Crippen molar-refractivity contribution in [1.29, 1.82) is 5.26 Å². The Kier molecular flexibility index (Phi) is 2.06. The lowest BCUT2D eigenvalue weighted by Crippen LogP contribution is -1.84. The highest BCUT2D eigenvalue weighted by molar-refractivity contribution is 5.87. The SMILES string of the molecule is CC(=O)[CH]C#N. The molecule has 0 rings (SSSR count). The van der Waals surface area contributed by atoms with Crippen LogP contribution < -0.4 is 0 Å². The van der Waals surface area contributed by atoms with Gasteiger partial charge in [0.25, 0.3) is 0 Å². The third-order valence-corrected chi connectivity index (χ3v) is 0.268. The number of Topliss-reactive ketones (excluding diaryl/α,β-unsaturated/α-hetero) is 1. The van der Waals surface area contributed by atoms with Gasteiger partial charge in [-0.05, 0) is 6.92 Å². The molecule has 0 aromatic heterocycles. The van der Waals surface area contributed by atoms with Crippen LogP contribution in [0.5, 0.6) is 0 Å². The maximum atomic E-state index is 9.77. The number of nitriles is 1. The van der Waals surface area contributed by atoms with E-state index >= 15 is 0 Å². The van der Waals surface area contributed by atoms with Crippen LogP contribution in [0.2, 0.25) is 0 Å². The summed E-state index contributed by atoms with van der Waals surface area (Å²) in [6.07, 6.45) is 0.958. The minimum atomic E-state index is -0.197. The molecular weight excluding hydrogens is 78.0 g/mol. The van der Waals surface area contributed by atoms with Crippen molar-refractivity contribution in [2.24, 2.45) is 0 Å². The van der Waals surface area contributed by atoms with Gasteiger partial charge in [-0.15, -0.1) is 0 Å². The Morgan fingerprint density at radius 3 is 2.50 bits per heavy atom. The molecule has 0 aliphatic carbocycles. The summed E-state index contributed by atoms with van der Waals surface area (Å²) in [5.41, 5.74) is 0. The topological polar surface area (TPSA) is 40.9 Å². The molecule has 0 fully saturated rings. The second-order valence-electron chi connectivity index (χ2n) is 0.884. The first kappa shape index (κ1) is 5.16. The molecule has 0 unspecified atom stereocenters. The van der Waals surface area contributed by atoms with Crippen molar-refractivity contribution in [2.75, 3.05) is 0 Å². The molecule has 31 valence electrons. The molecule has 6 heavy (non-hydrogen) atoms. The summed E-state index contributed by atoms with van der Waals surface area (Å²) in [7, 11) is 0. The van der Waals surface area contributed by atoms with Crippen molar-refractivity contribution in [1.82, 2.24) is 0 Å². The van der Waals surface area contributed by atoms with E-state index in [1.807, 2.05) is 0 Å². The van der Waals surface area contributed by atoms with Gasteiger partial charge in [0.05, 0.1) is 6.07 Å². The van der Waals surface area contributed by atoms with Crippen LogP contribution in [0.25, 0.3) is 0 Å². The van der Waals surface area contributed by atoms with Crippen molar-refractivity contribution in [3.63, 3.8) is 0 Å². The standard InChI is InChI=1S/C4H4NO/c1-4(6)2-3-5/h2H,1H3. The first-order valence-electron chi connectivity index (χ1n) is 1.51. The number of hydrogen-bond acceptors (Lipinski definition) is 2. The van der Waals surface area contributed by atoms with E-state index in [-0.39, 0.29) is 5.78 Å². The molecule has 0 saturated carbocycles. The first-order valence-corrected chi connectivity index (χ1v) is 1.51. The predicted octanol–water partition coefficient (Wildman–Crippen LogP) is 0.303. The van der Waals surface area contributed by atoms with Crippen molar-refractivity contribution in [3.05, 3.63) is 6.42 Å². The summed E-state index contributed by atoms with van der Waals surface area (Å²) >= 11 is 0. The molecule has 0 saturated heterocycles. The number of nitrogens with zero attached hydrogens (tertiary/aromatic N) is 1. The van der Waals surface area contributed by atoms with Gasteiger partial charge in [-0.2, -0.15) is 5.26 Å². The molecule has 2 nitrogen and oxygen atoms in total. The summed E-state index contributed by atoms with van der Waals surface area (Å²) in [5.74, 6) is -0.197. The average molecular weight is 82.1 g/mol. The summed E-state index contributed by atoms with van der Waals surface area (Å²) in [5, 5.41) is 7.71. The fourth-order valence-corrected chi connectivity index (χ4v) is 0.0909.